The van der Waals surface area contributed by atoms with Gasteiger partial charge in [-0.05, 0) is 34.7 Å². The van der Waals surface area contributed by atoms with Crippen LogP contribution in [-0.2, 0) is 30.8 Å². The second kappa shape index (κ2) is 7.29. The van der Waals surface area contributed by atoms with Crippen LogP contribution in [0.2, 0.25) is 0 Å². The summed E-state index contributed by atoms with van der Waals surface area (Å²) in [5.74, 6) is 0.684. The number of aryl methyl sites for hydroxylation is 1. The summed E-state index contributed by atoms with van der Waals surface area (Å²) >= 11 is 0. The maximum atomic E-state index is 12.0. The average Bonchev–Trinajstić information content (AvgIpc) is 3.06. The van der Waals surface area contributed by atoms with E-state index < -0.39 is 0 Å². The third kappa shape index (κ3) is 3.90. The number of benzene rings is 2. The Morgan fingerprint density at radius 1 is 1.17 bits per heavy atom. The second-order valence-corrected chi connectivity index (χ2v) is 5.73. The highest BCUT2D eigenvalue weighted by atomic mass is 16.5. The highest BCUT2D eigenvalue weighted by Crippen LogP contribution is 2.18. The van der Waals surface area contributed by atoms with Gasteiger partial charge in [0.15, 0.2) is 6.61 Å². The lowest BCUT2D eigenvalue weighted by atomic mass is 10.1. The molecule has 3 rings (SSSR count). The highest BCUT2D eigenvalue weighted by Gasteiger charge is 2.10. The van der Waals surface area contributed by atoms with Crippen molar-refractivity contribution in [2.75, 3.05) is 6.61 Å². The number of fused-ring (bicyclic) bond motifs is 1. The molecule has 2 aromatic rings. The molecule has 23 heavy (non-hydrogen) atoms. The molecule has 0 unspecified atom stereocenters. The van der Waals surface area contributed by atoms with Gasteiger partial charge in [-0.15, -0.1) is 0 Å². The number of carbonyl (C=O) groups excluding carboxylic acids is 1. The third-order valence-corrected chi connectivity index (χ3v) is 4.10. The van der Waals surface area contributed by atoms with Crippen molar-refractivity contribution in [3.05, 3.63) is 64.7 Å². The van der Waals surface area contributed by atoms with Crippen molar-refractivity contribution < 1.29 is 9.53 Å². The molecule has 1 aliphatic heterocycles. The normalized spacial score (nSPS) is 12.7. The first-order chi connectivity index (χ1) is 11.3. The fourth-order valence-electron chi connectivity index (χ4n) is 2.79. The van der Waals surface area contributed by atoms with E-state index in [1.165, 1.54) is 11.1 Å². The maximum absolute atomic E-state index is 12.0. The molecule has 0 aliphatic carbocycles. The molecule has 1 aliphatic rings. The molecule has 4 nitrogen and oxygen atoms in total. The van der Waals surface area contributed by atoms with Gasteiger partial charge >= 0.3 is 0 Å². The molecule has 120 valence electrons. The molecule has 4 heteroatoms. The van der Waals surface area contributed by atoms with Crippen molar-refractivity contribution in [2.24, 2.45) is 0 Å². The summed E-state index contributed by atoms with van der Waals surface area (Å²) in [4.78, 5) is 12.0. The summed E-state index contributed by atoms with van der Waals surface area (Å²) in [5.41, 5.74) is 4.91. The Morgan fingerprint density at radius 2 is 2.00 bits per heavy atom. The first-order valence-electron chi connectivity index (χ1n) is 8.05. The molecular weight excluding hydrogens is 288 g/mol. The minimum absolute atomic E-state index is 0.0451. The number of ether oxygens (including phenoxy) is 1. The standard InChI is InChI=1S/C19H22N2O2/c1-2-15-5-3-4-6-18(15)23-13-19(22)21-10-14-7-8-16-11-20-12-17(16)9-14/h3-9,20H,2,10-13H2,1H3,(H,21,22). The van der Waals surface area contributed by atoms with Crippen LogP contribution in [-0.4, -0.2) is 12.5 Å². The van der Waals surface area contributed by atoms with E-state index in [1.807, 2.05) is 24.3 Å². The predicted octanol–water partition coefficient (Wildman–Crippen LogP) is 2.55. The van der Waals surface area contributed by atoms with Crippen LogP contribution in [0.5, 0.6) is 5.75 Å². The Balaban J connectivity index is 1.50. The molecule has 0 aromatic heterocycles. The van der Waals surface area contributed by atoms with Crippen LogP contribution in [0.25, 0.3) is 0 Å². The molecule has 0 radical (unpaired) electrons. The minimum Gasteiger partial charge on any atom is -0.483 e. The van der Waals surface area contributed by atoms with Crippen molar-refractivity contribution in [3.63, 3.8) is 0 Å². The molecule has 0 fully saturated rings. The summed E-state index contributed by atoms with van der Waals surface area (Å²) < 4.78 is 5.63. The number of amides is 1. The van der Waals surface area contributed by atoms with Crippen molar-refractivity contribution in [2.45, 2.75) is 33.0 Å². The molecule has 0 saturated carbocycles. The molecule has 0 spiro atoms. The van der Waals surface area contributed by atoms with Crippen molar-refractivity contribution in [3.8, 4) is 5.75 Å². The van der Waals surface area contributed by atoms with E-state index in [0.29, 0.717) is 6.54 Å². The minimum atomic E-state index is -0.102. The molecule has 0 atom stereocenters. The molecule has 2 N–H and O–H groups in total. The van der Waals surface area contributed by atoms with E-state index >= 15 is 0 Å². The second-order valence-electron chi connectivity index (χ2n) is 5.73. The summed E-state index contributed by atoms with van der Waals surface area (Å²) in [6.07, 6.45) is 0.890. The van der Waals surface area contributed by atoms with Gasteiger partial charge in [0, 0.05) is 19.6 Å². The zero-order valence-corrected chi connectivity index (χ0v) is 13.4. The Kier molecular flexibility index (Phi) is 4.93. The zero-order chi connectivity index (χ0) is 16.1. The Bertz CT molecular complexity index is 698. The predicted molar refractivity (Wildman–Crippen MR) is 90.1 cm³/mol. The van der Waals surface area contributed by atoms with Gasteiger partial charge in [0.25, 0.3) is 5.91 Å². The van der Waals surface area contributed by atoms with Crippen LogP contribution in [0.1, 0.15) is 29.2 Å². The first kappa shape index (κ1) is 15.6. The molecule has 0 saturated heterocycles. The van der Waals surface area contributed by atoms with E-state index in [1.54, 1.807) is 0 Å². The van der Waals surface area contributed by atoms with Gasteiger partial charge in [0.1, 0.15) is 5.75 Å². The molecule has 0 bridgehead atoms. The Morgan fingerprint density at radius 3 is 2.87 bits per heavy atom. The van der Waals surface area contributed by atoms with Gasteiger partial charge in [0.05, 0.1) is 0 Å². The number of nitrogens with one attached hydrogen (secondary N) is 2. The summed E-state index contributed by atoms with van der Waals surface area (Å²) in [7, 11) is 0. The van der Waals surface area contributed by atoms with Gasteiger partial charge in [-0.2, -0.15) is 0 Å². The third-order valence-electron chi connectivity index (χ3n) is 4.10. The molecule has 2 aromatic carbocycles. The van der Waals surface area contributed by atoms with Crippen LogP contribution in [0.4, 0.5) is 0 Å². The summed E-state index contributed by atoms with van der Waals surface area (Å²) in [6.45, 7) is 4.50. The topological polar surface area (TPSA) is 50.4 Å². The average molecular weight is 310 g/mol. The van der Waals surface area contributed by atoms with Crippen molar-refractivity contribution in [1.82, 2.24) is 10.6 Å². The van der Waals surface area contributed by atoms with Crippen LogP contribution in [0.15, 0.2) is 42.5 Å². The van der Waals surface area contributed by atoms with E-state index in [4.69, 9.17) is 4.74 Å². The van der Waals surface area contributed by atoms with Crippen LogP contribution < -0.4 is 15.4 Å². The van der Waals surface area contributed by atoms with Gasteiger partial charge in [0.2, 0.25) is 0 Å². The molecule has 1 heterocycles. The maximum Gasteiger partial charge on any atom is 0.258 e. The van der Waals surface area contributed by atoms with E-state index in [2.05, 4.69) is 35.8 Å². The lowest BCUT2D eigenvalue weighted by Gasteiger charge is -2.11. The smallest absolute Gasteiger partial charge is 0.258 e. The van der Waals surface area contributed by atoms with E-state index in [9.17, 15) is 4.79 Å². The fraction of sp³-hybridized carbons (Fsp3) is 0.316. The zero-order valence-electron chi connectivity index (χ0n) is 13.4. The molecule has 1 amide bonds. The summed E-state index contributed by atoms with van der Waals surface area (Å²) in [5, 5.41) is 6.24. The number of rotatable bonds is 6. The van der Waals surface area contributed by atoms with Gasteiger partial charge < -0.3 is 15.4 Å². The van der Waals surface area contributed by atoms with Crippen molar-refractivity contribution >= 4 is 5.91 Å². The van der Waals surface area contributed by atoms with E-state index in [-0.39, 0.29) is 12.5 Å². The monoisotopic (exact) mass is 310 g/mol. The number of hydrogen-bond acceptors (Lipinski definition) is 3. The van der Waals surface area contributed by atoms with E-state index in [0.717, 1.165) is 36.4 Å². The number of para-hydroxylation sites is 1. The highest BCUT2D eigenvalue weighted by molar-refractivity contribution is 5.77. The lowest BCUT2D eigenvalue weighted by Crippen LogP contribution is -2.28. The number of carbonyl (C=O) groups is 1. The quantitative estimate of drug-likeness (QED) is 0.862. The first-order valence-corrected chi connectivity index (χ1v) is 8.05. The Labute approximate surface area is 136 Å². The Hall–Kier alpha value is -2.33. The SMILES string of the molecule is CCc1ccccc1OCC(=O)NCc1ccc2c(c1)CNC2. The number of hydrogen-bond donors (Lipinski definition) is 2. The van der Waals surface area contributed by atoms with Crippen LogP contribution in [0.3, 0.4) is 0 Å². The van der Waals surface area contributed by atoms with Crippen molar-refractivity contribution in [1.29, 1.82) is 0 Å². The fourth-order valence-corrected chi connectivity index (χ4v) is 2.79. The van der Waals surface area contributed by atoms with Crippen LogP contribution >= 0.6 is 0 Å². The van der Waals surface area contributed by atoms with Gasteiger partial charge in [-0.1, -0.05) is 43.3 Å². The summed E-state index contributed by atoms with van der Waals surface area (Å²) in [6, 6.07) is 14.2. The van der Waals surface area contributed by atoms with Crippen LogP contribution in [0, 0.1) is 0 Å². The lowest BCUT2D eigenvalue weighted by molar-refractivity contribution is -0.123. The van der Waals surface area contributed by atoms with Gasteiger partial charge in [-0.25, -0.2) is 0 Å². The largest absolute Gasteiger partial charge is 0.483 e. The molecular formula is C19H22N2O2. The van der Waals surface area contributed by atoms with Gasteiger partial charge in [-0.3, -0.25) is 4.79 Å².